The monoisotopic (exact) mass is 263 g/mol. The van der Waals surface area contributed by atoms with E-state index in [2.05, 4.69) is 12.0 Å². The van der Waals surface area contributed by atoms with Crippen molar-refractivity contribution in [3.8, 4) is 29.4 Å². The van der Waals surface area contributed by atoms with Crippen molar-refractivity contribution in [1.29, 1.82) is 0 Å². The second-order valence-corrected chi connectivity index (χ2v) is 4.64. The van der Waals surface area contributed by atoms with Crippen LogP contribution in [0.1, 0.15) is 0 Å². The van der Waals surface area contributed by atoms with E-state index in [0.29, 0.717) is 0 Å². The highest BCUT2D eigenvalue weighted by molar-refractivity contribution is 5.87. The topological polar surface area (TPSA) is 31.2 Å². The van der Waals surface area contributed by atoms with Crippen molar-refractivity contribution < 1.29 is 4.74 Å². The molecule has 20 heavy (non-hydrogen) atoms. The van der Waals surface area contributed by atoms with Crippen LogP contribution in [0.25, 0.3) is 22.2 Å². The fourth-order valence-corrected chi connectivity index (χ4v) is 2.38. The molecule has 1 aliphatic heterocycles. The lowest BCUT2D eigenvalue weighted by Gasteiger charge is -2.15. The summed E-state index contributed by atoms with van der Waals surface area (Å²) in [6.07, 6.45) is 5.20. The van der Waals surface area contributed by atoms with Crippen molar-refractivity contribution in [3.63, 3.8) is 0 Å². The Hall–Kier alpha value is -2.73. The maximum atomic E-state index is 11.5. The second kappa shape index (κ2) is 4.75. The lowest BCUT2D eigenvalue weighted by molar-refractivity contribution is 0.371. The van der Waals surface area contributed by atoms with Gasteiger partial charge >= 0.3 is 0 Å². The molecule has 0 bridgehead atoms. The normalized spacial score (nSPS) is 10.6. The van der Waals surface area contributed by atoms with E-state index in [1.54, 1.807) is 12.1 Å². The van der Waals surface area contributed by atoms with Crippen LogP contribution in [0.15, 0.2) is 47.3 Å². The zero-order chi connectivity index (χ0) is 14.1. The molecule has 0 saturated carbocycles. The third-order valence-electron chi connectivity index (χ3n) is 3.36. The van der Waals surface area contributed by atoms with Crippen LogP contribution in [0.4, 0.5) is 0 Å². The molecule has 0 amide bonds. The fraction of sp³-hybridized carbons (Fsp3) is 0.118. The third-order valence-corrected chi connectivity index (χ3v) is 3.36. The minimum absolute atomic E-state index is 0.00665. The van der Waals surface area contributed by atoms with Gasteiger partial charge in [-0.05, 0) is 41.3 Å². The van der Waals surface area contributed by atoms with E-state index in [0.717, 1.165) is 27.9 Å². The summed E-state index contributed by atoms with van der Waals surface area (Å²) >= 11 is 0. The molecule has 3 nitrogen and oxygen atoms in total. The molecular weight excluding hydrogens is 250 g/mol. The predicted octanol–water partition coefficient (Wildman–Crippen LogP) is 2.66. The number of nitrogens with zero attached hydrogens (tertiary/aromatic N) is 1. The smallest absolute Gasteiger partial charge is 0.180 e. The Morgan fingerprint density at radius 2 is 2.05 bits per heavy atom. The first kappa shape index (κ1) is 12.3. The van der Waals surface area contributed by atoms with Gasteiger partial charge in [-0.2, -0.15) is 0 Å². The minimum Gasteiger partial charge on any atom is -0.481 e. The Morgan fingerprint density at radius 1 is 1.20 bits per heavy atom. The first-order valence-electron chi connectivity index (χ1n) is 6.29. The first-order valence-corrected chi connectivity index (χ1v) is 6.29. The molecule has 1 aromatic rings. The molecule has 0 saturated heterocycles. The van der Waals surface area contributed by atoms with Gasteiger partial charge in [0.15, 0.2) is 5.43 Å². The van der Waals surface area contributed by atoms with Gasteiger partial charge in [0.25, 0.3) is 0 Å². The zero-order valence-corrected chi connectivity index (χ0v) is 11.1. The molecule has 2 aliphatic rings. The van der Waals surface area contributed by atoms with E-state index in [1.165, 1.54) is 0 Å². The van der Waals surface area contributed by atoms with E-state index in [9.17, 15) is 4.79 Å². The van der Waals surface area contributed by atoms with Crippen molar-refractivity contribution in [2.24, 2.45) is 7.05 Å². The number of aryl methyl sites for hydroxylation is 1. The van der Waals surface area contributed by atoms with Gasteiger partial charge in [0.1, 0.15) is 12.4 Å². The third kappa shape index (κ3) is 2.02. The van der Waals surface area contributed by atoms with Gasteiger partial charge < -0.3 is 9.30 Å². The molecule has 98 valence electrons. The van der Waals surface area contributed by atoms with Gasteiger partial charge in [-0.15, -0.1) is 6.42 Å². The second-order valence-electron chi connectivity index (χ2n) is 4.64. The molecule has 0 fully saturated rings. The van der Waals surface area contributed by atoms with Gasteiger partial charge in [-0.25, -0.2) is 0 Å². The van der Waals surface area contributed by atoms with Crippen molar-refractivity contribution in [2.45, 2.75) is 0 Å². The number of hydrogen-bond acceptors (Lipinski definition) is 2. The lowest BCUT2D eigenvalue weighted by atomic mass is 10.1. The largest absolute Gasteiger partial charge is 0.481 e. The molecule has 0 radical (unpaired) electrons. The van der Waals surface area contributed by atoms with Gasteiger partial charge in [-0.1, -0.05) is 5.92 Å². The van der Waals surface area contributed by atoms with Crippen LogP contribution in [0.5, 0.6) is 5.75 Å². The van der Waals surface area contributed by atoms with Gasteiger partial charge in [0, 0.05) is 19.2 Å². The molecule has 1 aliphatic carbocycles. The summed E-state index contributed by atoms with van der Waals surface area (Å²) in [6, 6.07) is 13.0. The van der Waals surface area contributed by atoms with E-state index < -0.39 is 0 Å². The number of ether oxygens (including phenoxy) is 1. The predicted molar refractivity (Wildman–Crippen MR) is 80.1 cm³/mol. The standard InChI is InChI=1S/C17H13NO2/c1-3-8-20-15-7-5-13-9-12-4-6-14(19)10-16(12)18(2)17(13)11-15/h1,4-7,9-11H,8H2,2H3. The average Bonchev–Trinajstić information content (AvgIpc) is 2.46. The molecule has 0 unspecified atom stereocenters. The molecule has 1 heterocycles. The summed E-state index contributed by atoms with van der Waals surface area (Å²) in [6.45, 7) is 0.244. The Balaban J connectivity index is 2.27. The highest BCUT2D eigenvalue weighted by atomic mass is 16.5. The summed E-state index contributed by atoms with van der Waals surface area (Å²) in [4.78, 5) is 11.5. The highest BCUT2D eigenvalue weighted by Crippen LogP contribution is 2.28. The first-order chi connectivity index (χ1) is 9.69. The van der Waals surface area contributed by atoms with Gasteiger partial charge in [0.05, 0.1) is 11.2 Å². The van der Waals surface area contributed by atoms with Crippen LogP contribution in [0.3, 0.4) is 0 Å². The number of fused-ring (bicyclic) bond motifs is 2. The molecule has 0 N–H and O–H groups in total. The molecule has 0 spiro atoms. The van der Waals surface area contributed by atoms with E-state index in [1.807, 2.05) is 35.9 Å². The van der Waals surface area contributed by atoms with E-state index >= 15 is 0 Å². The average molecular weight is 263 g/mol. The minimum atomic E-state index is 0.00665. The van der Waals surface area contributed by atoms with Crippen LogP contribution < -0.4 is 10.2 Å². The highest BCUT2D eigenvalue weighted by Gasteiger charge is 2.09. The number of rotatable bonds is 2. The maximum Gasteiger partial charge on any atom is 0.180 e. The van der Waals surface area contributed by atoms with Gasteiger partial charge in [0.2, 0.25) is 0 Å². The number of aromatic nitrogens is 1. The summed E-state index contributed by atoms with van der Waals surface area (Å²) in [5.41, 5.74) is 2.95. The quantitative estimate of drug-likeness (QED) is 0.526. The Labute approximate surface area is 116 Å². The maximum absolute atomic E-state index is 11.5. The fourth-order valence-electron chi connectivity index (χ4n) is 2.38. The van der Waals surface area contributed by atoms with E-state index in [-0.39, 0.29) is 12.0 Å². The van der Waals surface area contributed by atoms with Crippen molar-refractivity contribution >= 4 is 10.9 Å². The van der Waals surface area contributed by atoms with Gasteiger partial charge in [-0.3, -0.25) is 4.79 Å². The van der Waals surface area contributed by atoms with Crippen LogP contribution in [-0.2, 0) is 7.05 Å². The van der Waals surface area contributed by atoms with Crippen molar-refractivity contribution in [3.05, 3.63) is 52.7 Å². The van der Waals surface area contributed by atoms with Crippen LogP contribution in [0, 0.1) is 12.3 Å². The number of hydrogen-bond donors (Lipinski definition) is 0. The molecular formula is C17H13NO2. The van der Waals surface area contributed by atoms with Crippen molar-refractivity contribution in [2.75, 3.05) is 6.61 Å². The molecule has 3 heteroatoms. The SMILES string of the molecule is C#CCOc1ccc2cc3ccc(=O)cc-3n(C)c2c1. The van der Waals surface area contributed by atoms with E-state index in [4.69, 9.17) is 11.2 Å². The molecule has 0 atom stereocenters. The van der Waals surface area contributed by atoms with Crippen LogP contribution in [-0.4, -0.2) is 11.2 Å². The Kier molecular flexibility index (Phi) is 2.92. The molecule has 3 rings (SSSR count). The molecule has 1 aromatic carbocycles. The van der Waals surface area contributed by atoms with Crippen molar-refractivity contribution in [1.82, 2.24) is 4.57 Å². The zero-order valence-electron chi connectivity index (χ0n) is 11.1. The number of terminal acetylenes is 1. The summed E-state index contributed by atoms with van der Waals surface area (Å²) in [5.74, 6) is 3.17. The Morgan fingerprint density at radius 3 is 2.85 bits per heavy atom. The lowest BCUT2D eigenvalue weighted by Crippen LogP contribution is -2.06. The van der Waals surface area contributed by atoms with Crippen LogP contribution >= 0.6 is 0 Å². The molecule has 0 aromatic heterocycles. The summed E-state index contributed by atoms with van der Waals surface area (Å²) in [5, 5.41) is 1.09. The summed E-state index contributed by atoms with van der Waals surface area (Å²) < 4.78 is 7.44. The summed E-state index contributed by atoms with van der Waals surface area (Å²) in [7, 11) is 1.94. The Bertz CT molecular complexity index is 855. The number of benzene rings is 2. The number of pyridine rings is 1. The van der Waals surface area contributed by atoms with Crippen LogP contribution in [0.2, 0.25) is 0 Å².